The molecule has 0 saturated heterocycles. The lowest BCUT2D eigenvalue weighted by molar-refractivity contribution is -0.131. The van der Waals surface area contributed by atoms with Gasteiger partial charge in [0.2, 0.25) is 5.91 Å². The minimum atomic E-state index is 0.0336. The van der Waals surface area contributed by atoms with Gasteiger partial charge in [-0.2, -0.15) is 0 Å². The van der Waals surface area contributed by atoms with E-state index in [1.165, 1.54) is 19.3 Å². The molecule has 1 aliphatic carbocycles. The fourth-order valence-electron chi connectivity index (χ4n) is 2.28. The quantitative estimate of drug-likeness (QED) is 0.641. The predicted octanol–water partition coefficient (Wildman–Crippen LogP) is 2.70. The molecule has 0 aromatic heterocycles. The molecule has 74 valence electrons. The molecule has 0 aliphatic heterocycles. The maximum atomic E-state index is 11.3. The van der Waals surface area contributed by atoms with Crippen LogP contribution in [0, 0.1) is 0 Å². The molecule has 0 atom stereocenters. The van der Waals surface area contributed by atoms with Crippen molar-refractivity contribution in [1.29, 1.82) is 0 Å². The average molecular weight is 181 g/mol. The van der Waals surface area contributed by atoms with Gasteiger partial charge in [0.15, 0.2) is 0 Å². The topological polar surface area (TPSA) is 20.3 Å². The van der Waals surface area contributed by atoms with Crippen LogP contribution in [0.3, 0.4) is 0 Å². The van der Waals surface area contributed by atoms with Crippen LogP contribution in [0.2, 0.25) is 0 Å². The Morgan fingerprint density at radius 2 is 1.92 bits per heavy atom. The monoisotopic (exact) mass is 181 g/mol. The Bertz CT molecular complexity index is 204. The molecular weight excluding hydrogens is 162 g/mol. The Labute approximate surface area is 80.6 Å². The summed E-state index contributed by atoms with van der Waals surface area (Å²) >= 11 is 0. The van der Waals surface area contributed by atoms with Crippen LogP contribution in [-0.2, 0) is 4.79 Å². The summed E-state index contributed by atoms with van der Waals surface area (Å²) in [5.74, 6) is 0.111. The second-order valence-electron chi connectivity index (χ2n) is 4.13. The summed E-state index contributed by atoms with van der Waals surface area (Å²) < 4.78 is 0. The van der Waals surface area contributed by atoms with Gasteiger partial charge in [0, 0.05) is 18.7 Å². The van der Waals surface area contributed by atoms with Gasteiger partial charge in [0.1, 0.15) is 0 Å². The van der Waals surface area contributed by atoms with Crippen molar-refractivity contribution in [2.24, 2.45) is 0 Å². The van der Waals surface area contributed by atoms with Crippen LogP contribution >= 0.6 is 0 Å². The van der Waals surface area contributed by atoms with Crippen LogP contribution in [0.5, 0.6) is 0 Å². The van der Waals surface area contributed by atoms with E-state index in [2.05, 4.69) is 13.5 Å². The number of carbonyl (C=O) groups excluding carboxylic acids is 1. The zero-order chi connectivity index (χ0) is 9.90. The summed E-state index contributed by atoms with van der Waals surface area (Å²) in [6.45, 7) is 7.48. The first-order valence-electron chi connectivity index (χ1n) is 5.02. The molecule has 0 aromatic rings. The number of rotatable bonds is 2. The van der Waals surface area contributed by atoms with E-state index in [9.17, 15) is 4.79 Å². The van der Waals surface area contributed by atoms with E-state index in [1.807, 2.05) is 0 Å². The molecule has 0 unspecified atom stereocenters. The lowest BCUT2D eigenvalue weighted by atomic mass is 9.82. The van der Waals surface area contributed by atoms with Crippen molar-refractivity contribution in [2.75, 3.05) is 0 Å². The molecule has 1 amide bonds. The first-order valence-corrected chi connectivity index (χ1v) is 5.02. The van der Waals surface area contributed by atoms with Crippen molar-refractivity contribution in [3.63, 3.8) is 0 Å². The van der Waals surface area contributed by atoms with E-state index >= 15 is 0 Å². The minimum absolute atomic E-state index is 0.0336. The fourth-order valence-corrected chi connectivity index (χ4v) is 2.28. The van der Waals surface area contributed by atoms with Gasteiger partial charge in [-0.25, -0.2) is 0 Å². The standard InChI is InChI=1S/C11H19NO/c1-4-12(10(2)13)11(3)8-6-5-7-9-11/h4H,1,5-9H2,2-3H3. The third-order valence-electron chi connectivity index (χ3n) is 3.03. The van der Waals surface area contributed by atoms with Gasteiger partial charge in [0.25, 0.3) is 0 Å². The summed E-state index contributed by atoms with van der Waals surface area (Å²) in [5.41, 5.74) is 0.0336. The summed E-state index contributed by atoms with van der Waals surface area (Å²) in [5, 5.41) is 0. The van der Waals surface area contributed by atoms with Crippen molar-refractivity contribution in [3.8, 4) is 0 Å². The van der Waals surface area contributed by atoms with Crippen LogP contribution in [0.4, 0.5) is 0 Å². The second kappa shape index (κ2) is 3.95. The molecule has 1 aliphatic rings. The van der Waals surface area contributed by atoms with Crippen molar-refractivity contribution in [1.82, 2.24) is 4.90 Å². The van der Waals surface area contributed by atoms with Crippen LogP contribution in [0.25, 0.3) is 0 Å². The second-order valence-corrected chi connectivity index (χ2v) is 4.13. The van der Waals surface area contributed by atoms with Gasteiger partial charge < -0.3 is 4.90 Å². The van der Waals surface area contributed by atoms with Gasteiger partial charge in [0.05, 0.1) is 0 Å². The number of hydrogen-bond acceptors (Lipinski definition) is 1. The average Bonchev–Trinajstić information content (AvgIpc) is 2.05. The number of carbonyl (C=O) groups is 1. The normalized spacial score (nSPS) is 20.8. The summed E-state index contributed by atoms with van der Waals surface area (Å²) in [4.78, 5) is 13.1. The molecule has 1 fully saturated rings. The molecule has 2 nitrogen and oxygen atoms in total. The Morgan fingerprint density at radius 1 is 1.38 bits per heavy atom. The summed E-state index contributed by atoms with van der Waals surface area (Å²) in [6.07, 6.45) is 7.66. The van der Waals surface area contributed by atoms with E-state index < -0.39 is 0 Å². The van der Waals surface area contributed by atoms with Gasteiger partial charge in [-0.05, 0) is 19.8 Å². The first kappa shape index (κ1) is 10.3. The molecule has 0 radical (unpaired) electrons. The minimum Gasteiger partial charge on any atom is -0.314 e. The van der Waals surface area contributed by atoms with E-state index in [0.29, 0.717) is 0 Å². The lowest BCUT2D eigenvalue weighted by Gasteiger charge is -2.41. The number of nitrogens with zero attached hydrogens (tertiary/aromatic N) is 1. The van der Waals surface area contributed by atoms with Crippen LogP contribution in [0.15, 0.2) is 12.8 Å². The van der Waals surface area contributed by atoms with Crippen LogP contribution in [-0.4, -0.2) is 16.3 Å². The Morgan fingerprint density at radius 3 is 2.31 bits per heavy atom. The number of amides is 1. The highest BCUT2D eigenvalue weighted by Crippen LogP contribution is 2.33. The van der Waals surface area contributed by atoms with Crippen molar-refractivity contribution < 1.29 is 4.79 Å². The summed E-state index contributed by atoms with van der Waals surface area (Å²) in [7, 11) is 0. The van der Waals surface area contributed by atoms with E-state index in [1.54, 1.807) is 18.0 Å². The molecule has 1 rings (SSSR count). The molecule has 0 spiro atoms. The summed E-state index contributed by atoms with van der Waals surface area (Å²) in [6, 6.07) is 0. The SMILES string of the molecule is C=CN(C(C)=O)C1(C)CCCCC1. The Kier molecular flexibility index (Phi) is 3.12. The molecule has 1 saturated carbocycles. The highest BCUT2D eigenvalue weighted by molar-refractivity contribution is 5.75. The lowest BCUT2D eigenvalue weighted by Crippen LogP contribution is -2.46. The molecule has 13 heavy (non-hydrogen) atoms. The van der Waals surface area contributed by atoms with Gasteiger partial charge in [-0.15, -0.1) is 0 Å². The fraction of sp³-hybridized carbons (Fsp3) is 0.727. The van der Waals surface area contributed by atoms with Crippen molar-refractivity contribution in [2.45, 2.75) is 51.5 Å². The Balaban J connectivity index is 2.74. The van der Waals surface area contributed by atoms with Gasteiger partial charge in [-0.3, -0.25) is 4.79 Å². The Hall–Kier alpha value is -0.790. The van der Waals surface area contributed by atoms with E-state index in [-0.39, 0.29) is 11.4 Å². The zero-order valence-electron chi connectivity index (χ0n) is 8.68. The maximum absolute atomic E-state index is 11.3. The maximum Gasteiger partial charge on any atom is 0.223 e. The van der Waals surface area contributed by atoms with Crippen LogP contribution < -0.4 is 0 Å². The molecule has 0 N–H and O–H groups in total. The first-order chi connectivity index (χ1) is 6.10. The zero-order valence-corrected chi connectivity index (χ0v) is 8.68. The highest BCUT2D eigenvalue weighted by atomic mass is 16.2. The molecule has 0 aromatic carbocycles. The number of hydrogen-bond donors (Lipinski definition) is 0. The molecule has 0 heterocycles. The third-order valence-corrected chi connectivity index (χ3v) is 3.03. The molecule has 0 bridgehead atoms. The van der Waals surface area contributed by atoms with E-state index in [0.717, 1.165) is 12.8 Å². The van der Waals surface area contributed by atoms with E-state index in [4.69, 9.17) is 0 Å². The highest BCUT2D eigenvalue weighted by Gasteiger charge is 2.33. The van der Waals surface area contributed by atoms with Crippen LogP contribution in [0.1, 0.15) is 46.0 Å². The predicted molar refractivity (Wildman–Crippen MR) is 54.2 cm³/mol. The van der Waals surface area contributed by atoms with Gasteiger partial charge in [-0.1, -0.05) is 25.8 Å². The van der Waals surface area contributed by atoms with Gasteiger partial charge >= 0.3 is 0 Å². The smallest absolute Gasteiger partial charge is 0.223 e. The third kappa shape index (κ3) is 2.11. The van der Waals surface area contributed by atoms with Crippen molar-refractivity contribution in [3.05, 3.63) is 12.8 Å². The molecule has 2 heteroatoms. The van der Waals surface area contributed by atoms with Crippen molar-refractivity contribution >= 4 is 5.91 Å². The largest absolute Gasteiger partial charge is 0.314 e. The molecular formula is C11H19NO.